The largest absolute Gasteiger partial charge is 0.493 e. The van der Waals surface area contributed by atoms with E-state index >= 15 is 0 Å². The molecule has 0 aromatic heterocycles. The Hall–Kier alpha value is -2.47. The van der Waals surface area contributed by atoms with Crippen molar-refractivity contribution in [2.24, 2.45) is 0 Å². The molecule has 3 rings (SSSR count). The Bertz CT molecular complexity index is 885. The van der Waals surface area contributed by atoms with Crippen LogP contribution in [0.5, 0.6) is 11.5 Å². The van der Waals surface area contributed by atoms with Crippen molar-refractivity contribution in [2.75, 3.05) is 20.3 Å². The monoisotopic (exact) mass is 395 g/mol. The predicted octanol–water partition coefficient (Wildman–Crippen LogP) is 4.51. The molecule has 0 aliphatic carbocycles. The van der Waals surface area contributed by atoms with Gasteiger partial charge in [-0.25, -0.2) is 0 Å². The highest BCUT2D eigenvalue weighted by atomic mass is 32.2. The molecule has 0 aliphatic heterocycles. The van der Waals surface area contributed by atoms with Crippen molar-refractivity contribution >= 4 is 11.8 Å². The van der Waals surface area contributed by atoms with Crippen LogP contribution in [0.4, 0.5) is 0 Å². The van der Waals surface area contributed by atoms with Gasteiger partial charge in [0.05, 0.1) is 13.7 Å². The smallest absolute Gasteiger partial charge is 0.161 e. The molecule has 0 unspecified atom stereocenters. The quantitative estimate of drug-likeness (QED) is 0.495. The topological polar surface area (TPSA) is 50.7 Å². The van der Waals surface area contributed by atoms with Gasteiger partial charge in [0, 0.05) is 22.9 Å². The van der Waals surface area contributed by atoms with Crippen LogP contribution in [-0.2, 0) is 13.2 Å². The summed E-state index contributed by atoms with van der Waals surface area (Å²) in [6.45, 7) is 2.08. The van der Waals surface area contributed by atoms with E-state index < -0.39 is 0 Å². The SMILES string of the molecule is COc1ccccc1OCCNCc1ccccc1Sc1ccccc1CO. The Morgan fingerprint density at radius 1 is 0.821 bits per heavy atom. The maximum absolute atomic E-state index is 9.55. The molecule has 0 heterocycles. The van der Waals surface area contributed by atoms with Crippen LogP contribution in [0.15, 0.2) is 82.6 Å². The van der Waals surface area contributed by atoms with E-state index in [0.717, 1.165) is 35.0 Å². The second-order valence-electron chi connectivity index (χ2n) is 6.15. The molecule has 2 N–H and O–H groups in total. The molecule has 0 aliphatic rings. The summed E-state index contributed by atoms with van der Waals surface area (Å²) in [5.74, 6) is 1.50. The molecule has 0 fully saturated rings. The lowest BCUT2D eigenvalue weighted by atomic mass is 10.2. The molecular weight excluding hydrogens is 370 g/mol. The molecule has 28 heavy (non-hydrogen) atoms. The molecule has 4 nitrogen and oxygen atoms in total. The molecule has 3 aromatic carbocycles. The van der Waals surface area contributed by atoms with E-state index in [1.54, 1.807) is 18.9 Å². The summed E-state index contributed by atoms with van der Waals surface area (Å²) in [6.07, 6.45) is 0. The van der Waals surface area contributed by atoms with Crippen molar-refractivity contribution in [3.63, 3.8) is 0 Å². The van der Waals surface area contributed by atoms with Gasteiger partial charge in [0.2, 0.25) is 0 Å². The lowest BCUT2D eigenvalue weighted by Crippen LogP contribution is -2.21. The van der Waals surface area contributed by atoms with Gasteiger partial charge in [-0.1, -0.05) is 60.3 Å². The van der Waals surface area contributed by atoms with Gasteiger partial charge in [-0.15, -0.1) is 0 Å². The summed E-state index contributed by atoms with van der Waals surface area (Å²) in [6, 6.07) is 23.9. The van der Waals surface area contributed by atoms with Crippen LogP contribution in [0.2, 0.25) is 0 Å². The number of aliphatic hydroxyl groups is 1. The van der Waals surface area contributed by atoms with Gasteiger partial charge >= 0.3 is 0 Å². The average molecular weight is 396 g/mol. The molecule has 3 aromatic rings. The number of para-hydroxylation sites is 2. The predicted molar refractivity (Wildman–Crippen MR) is 113 cm³/mol. The van der Waals surface area contributed by atoms with Crippen molar-refractivity contribution < 1.29 is 14.6 Å². The Morgan fingerprint density at radius 2 is 1.43 bits per heavy atom. The summed E-state index contributed by atoms with van der Waals surface area (Å²) in [5.41, 5.74) is 2.16. The maximum Gasteiger partial charge on any atom is 0.161 e. The normalized spacial score (nSPS) is 10.6. The first-order valence-electron chi connectivity index (χ1n) is 9.23. The molecule has 0 bridgehead atoms. The van der Waals surface area contributed by atoms with Gasteiger partial charge in [-0.2, -0.15) is 0 Å². The third-order valence-corrected chi connectivity index (χ3v) is 5.49. The Morgan fingerprint density at radius 3 is 2.14 bits per heavy atom. The minimum atomic E-state index is 0.0455. The van der Waals surface area contributed by atoms with Crippen LogP contribution in [0.3, 0.4) is 0 Å². The number of ether oxygens (including phenoxy) is 2. The van der Waals surface area contributed by atoms with Crippen LogP contribution in [-0.4, -0.2) is 25.4 Å². The zero-order valence-corrected chi connectivity index (χ0v) is 16.7. The summed E-state index contributed by atoms with van der Waals surface area (Å²) in [4.78, 5) is 2.26. The zero-order chi connectivity index (χ0) is 19.6. The van der Waals surface area contributed by atoms with E-state index in [4.69, 9.17) is 9.47 Å². The molecule has 0 amide bonds. The molecule has 0 atom stereocenters. The first-order valence-corrected chi connectivity index (χ1v) is 10.0. The number of hydrogen-bond acceptors (Lipinski definition) is 5. The van der Waals surface area contributed by atoms with Crippen molar-refractivity contribution in [3.8, 4) is 11.5 Å². The van der Waals surface area contributed by atoms with Gasteiger partial charge < -0.3 is 19.9 Å². The molecule has 146 valence electrons. The van der Waals surface area contributed by atoms with Gasteiger partial charge in [0.1, 0.15) is 6.61 Å². The Balaban J connectivity index is 1.54. The highest BCUT2D eigenvalue weighted by Crippen LogP contribution is 2.32. The standard InChI is InChI=1S/C23H25NO3S/c1-26-20-10-4-5-11-21(20)27-15-14-24-16-18-8-2-6-12-22(18)28-23-13-7-3-9-19(23)17-25/h2-13,24-25H,14-17H2,1H3. The number of nitrogens with one attached hydrogen (secondary N) is 1. The first kappa shape index (κ1) is 20.3. The van der Waals surface area contributed by atoms with Crippen LogP contribution in [0.1, 0.15) is 11.1 Å². The van der Waals surface area contributed by atoms with Crippen molar-refractivity contribution in [2.45, 2.75) is 22.9 Å². The fraction of sp³-hybridized carbons (Fsp3) is 0.217. The van der Waals surface area contributed by atoms with Crippen molar-refractivity contribution in [1.82, 2.24) is 5.32 Å². The molecule has 5 heteroatoms. The van der Waals surface area contributed by atoms with E-state index in [0.29, 0.717) is 6.61 Å². The Labute approximate surface area is 170 Å². The zero-order valence-electron chi connectivity index (χ0n) is 15.9. The average Bonchev–Trinajstić information content (AvgIpc) is 2.75. The van der Waals surface area contributed by atoms with Gasteiger partial charge in [-0.3, -0.25) is 0 Å². The summed E-state index contributed by atoms with van der Waals surface area (Å²) in [5, 5.41) is 13.0. The summed E-state index contributed by atoms with van der Waals surface area (Å²) >= 11 is 1.68. The van der Waals surface area contributed by atoms with Crippen molar-refractivity contribution in [1.29, 1.82) is 0 Å². The van der Waals surface area contributed by atoms with Crippen LogP contribution in [0.25, 0.3) is 0 Å². The van der Waals surface area contributed by atoms with E-state index in [2.05, 4.69) is 17.4 Å². The highest BCUT2D eigenvalue weighted by molar-refractivity contribution is 7.99. The maximum atomic E-state index is 9.55. The summed E-state index contributed by atoms with van der Waals surface area (Å²) in [7, 11) is 1.64. The fourth-order valence-corrected chi connectivity index (χ4v) is 3.86. The fourth-order valence-electron chi connectivity index (χ4n) is 2.80. The van der Waals surface area contributed by atoms with E-state index in [-0.39, 0.29) is 6.61 Å². The first-order chi connectivity index (χ1) is 13.8. The lowest BCUT2D eigenvalue weighted by Gasteiger charge is -2.13. The summed E-state index contributed by atoms with van der Waals surface area (Å²) < 4.78 is 11.1. The van der Waals surface area contributed by atoms with Crippen LogP contribution < -0.4 is 14.8 Å². The van der Waals surface area contributed by atoms with Gasteiger partial charge in [-0.05, 0) is 35.4 Å². The second kappa shape index (κ2) is 10.8. The number of benzene rings is 3. The van der Waals surface area contributed by atoms with Crippen LogP contribution in [0, 0.1) is 0 Å². The van der Waals surface area contributed by atoms with E-state index in [1.807, 2.05) is 60.7 Å². The molecule has 0 saturated carbocycles. The number of methoxy groups -OCH3 is 1. The highest BCUT2D eigenvalue weighted by Gasteiger charge is 2.07. The van der Waals surface area contributed by atoms with Gasteiger partial charge in [0.25, 0.3) is 0 Å². The lowest BCUT2D eigenvalue weighted by molar-refractivity contribution is 0.279. The molecular formula is C23H25NO3S. The number of aliphatic hydroxyl groups excluding tert-OH is 1. The minimum absolute atomic E-state index is 0.0455. The third kappa shape index (κ3) is 5.52. The third-order valence-electron chi connectivity index (χ3n) is 4.26. The van der Waals surface area contributed by atoms with E-state index in [1.165, 1.54) is 10.5 Å². The van der Waals surface area contributed by atoms with Crippen molar-refractivity contribution in [3.05, 3.63) is 83.9 Å². The molecule has 0 spiro atoms. The van der Waals surface area contributed by atoms with Gasteiger partial charge in [0.15, 0.2) is 11.5 Å². The minimum Gasteiger partial charge on any atom is -0.493 e. The Kier molecular flexibility index (Phi) is 7.79. The second-order valence-corrected chi connectivity index (χ2v) is 7.24. The molecule has 0 radical (unpaired) electrons. The van der Waals surface area contributed by atoms with E-state index in [9.17, 15) is 5.11 Å². The molecule has 0 saturated heterocycles. The number of rotatable bonds is 10. The number of hydrogen-bond donors (Lipinski definition) is 2. The van der Waals surface area contributed by atoms with Crippen LogP contribution >= 0.6 is 11.8 Å².